The van der Waals surface area contributed by atoms with Gasteiger partial charge in [0.15, 0.2) is 0 Å². The molecule has 11 heteroatoms. The second-order valence-corrected chi connectivity index (χ2v) is 17.1. The van der Waals surface area contributed by atoms with E-state index in [0.29, 0.717) is 19.7 Å². The molecule has 8 rings (SSSR count). The Morgan fingerprint density at radius 1 is 0.622 bits per heavy atom. The van der Waals surface area contributed by atoms with Crippen LogP contribution in [0.15, 0.2) is 77.8 Å². The zero-order valence-electron chi connectivity index (χ0n) is 23.5. The zero-order chi connectivity index (χ0) is 31.4. The van der Waals surface area contributed by atoms with Gasteiger partial charge in [-0.15, -0.1) is 69.3 Å². The molecule has 0 bridgehead atoms. The Labute approximate surface area is 282 Å². The lowest BCUT2D eigenvalue weighted by molar-refractivity contribution is 0.0453. The van der Waals surface area contributed by atoms with E-state index in [0.717, 1.165) is 34.8 Å². The Balaban J connectivity index is 1.17. The number of thiol groups is 1. The summed E-state index contributed by atoms with van der Waals surface area (Å²) in [5.41, 5.74) is 6.32. The van der Waals surface area contributed by atoms with Crippen molar-refractivity contribution in [3.8, 4) is 50.1 Å². The minimum absolute atomic E-state index is 0.109. The average molecular weight is 712 g/mol. The van der Waals surface area contributed by atoms with Crippen LogP contribution in [0.4, 0.5) is 17.6 Å². The molecule has 45 heavy (non-hydrogen) atoms. The second kappa shape index (κ2) is 10.3. The Bertz CT molecular complexity index is 2230. The lowest BCUT2D eigenvalue weighted by Crippen LogP contribution is -2.13. The molecule has 5 heterocycles. The molecule has 1 nitrogen and oxygen atoms in total. The van der Waals surface area contributed by atoms with Crippen molar-refractivity contribution in [2.24, 2.45) is 5.73 Å². The van der Waals surface area contributed by atoms with Gasteiger partial charge in [-0.05, 0) is 86.2 Å². The van der Waals surface area contributed by atoms with E-state index in [2.05, 4.69) is 24.8 Å². The van der Waals surface area contributed by atoms with Gasteiger partial charge in [-0.2, -0.15) is 17.6 Å². The highest BCUT2D eigenvalue weighted by Crippen LogP contribution is 2.62. The summed E-state index contributed by atoms with van der Waals surface area (Å²) < 4.78 is 64.1. The van der Waals surface area contributed by atoms with E-state index in [1.165, 1.54) is 57.1 Å². The lowest BCUT2D eigenvalue weighted by atomic mass is 9.99. The third-order valence-electron chi connectivity index (χ3n) is 8.04. The molecular weight excluding hydrogens is 691 g/mol. The fourth-order valence-electron chi connectivity index (χ4n) is 5.82. The van der Waals surface area contributed by atoms with Gasteiger partial charge < -0.3 is 5.73 Å². The molecule has 6 aromatic rings. The highest BCUT2D eigenvalue weighted by Gasteiger charge is 2.52. The molecule has 0 atom stereocenters. The predicted molar refractivity (Wildman–Crippen MR) is 189 cm³/mol. The summed E-state index contributed by atoms with van der Waals surface area (Å²) in [7, 11) is 0. The molecule has 5 aromatic heterocycles. The summed E-state index contributed by atoms with van der Waals surface area (Å²) >= 11 is 11.3. The highest BCUT2D eigenvalue weighted by molar-refractivity contribution is 7.84. The molecule has 0 radical (unpaired) electrons. The van der Waals surface area contributed by atoms with Crippen LogP contribution >= 0.6 is 69.3 Å². The Morgan fingerprint density at radius 2 is 1.11 bits per heavy atom. The topological polar surface area (TPSA) is 26.0 Å². The van der Waals surface area contributed by atoms with Gasteiger partial charge in [0.25, 0.3) is 0 Å². The number of alkyl halides is 4. The molecule has 0 fully saturated rings. The molecule has 0 spiro atoms. The summed E-state index contributed by atoms with van der Waals surface area (Å²) in [6.45, 7) is 3.99. The summed E-state index contributed by atoms with van der Waals surface area (Å²) in [6.07, 6.45) is 3.54. The van der Waals surface area contributed by atoms with Crippen LogP contribution in [-0.2, 0) is 11.8 Å². The first-order chi connectivity index (χ1) is 21.4. The Hall–Kier alpha value is -2.93. The molecule has 2 aliphatic rings. The first-order valence-corrected chi connectivity index (χ1v) is 18.3. The zero-order valence-corrected chi connectivity index (χ0v) is 28.5. The fraction of sp³-hybridized carbons (Fsp3) is 0.118. The van der Waals surface area contributed by atoms with Crippen LogP contribution in [-0.4, -0.2) is 0 Å². The molecule has 0 saturated carbocycles. The van der Waals surface area contributed by atoms with Crippen molar-refractivity contribution in [2.75, 3.05) is 0 Å². The monoisotopic (exact) mass is 711 g/mol. The van der Waals surface area contributed by atoms with Gasteiger partial charge in [0.2, 0.25) is 0 Å². The van der Waals surface area contributed by atoms with Crippen LogP contribution in [0.5, 0.6) is 0 Å². The Kier molecular flexibility index (Phi) is 6.74. The maximum atomic E-state index is 16.0. The summed E-state index contributed by atoms with van der Waals surface area (Å²) in [4.78, 5) is 8.23. The third-order valence-corrected chi connectivity index (χ3v) is 14.4. The van der Waals surface area contributed by atoms with Crippen molar-refractivity contribution >= 4 is 74.9 Å². The first-order valence-electron chi connectivity index (χ1n) is 13.8. The molecular formula is C34H21F4NS6. The highest BCUT2D eigenvalue weighted by atomic mass is 32.1. The number of hydrogen-bond acceptors (Lipinski definition) is 7. The molecule has 0 unspecified atom stereocenters. The van der Waals surface area contributed by atoms with Crippen molar-refractivity contribution in [3.05, 3.63) is 110 Å². The van der Waals surface area contributed by atoms with E-state index >= 15 is 17.6 Å². The van der Waals surface area contributed by atoms with E-state index in [9.17, 15) is 0 Å². The number of allylic oxidation sites excluding steroid dienone is 3. The van der Waals surface area contributed by atoms with Gasteiger partial charge >= 0.3 is 11.8 Å². The van der Waals surface area contributed by atoms with E-state index in [4.69, 9.17) is 5.73 Å². The van der Waals surface area contributed by atoms with Gasteiger partial charge in [-0.1, -0.05) is 6.08 Å². The molecule has 2 aliphatic carbocycles. The van der Waals surface area contributed by atoms with Crippen LogP contribution in [0.3, 0.4) is 0 Å². The Morgan fingerprint density at radius 3 is 1.64 bits per heavy atom. The van der Waals surface area contributed by atoms with E-state index in [1.54, 1.807) is 34.8 Å². The van der Waals surface area contributed by atoms with Crippen molar-refractivity contribution in [1.29, 1.82) is 0 Å². The van der Waals surface area contributed by atoms with E-state index in [1.807, 2.05) is 44.2 Å². The molecule has 226 valence electrons. The normalized spacial score (nSPS) is 16.2. The summed E-state index contributed by atoms with van der Waals surface area (Å²) in [6, 6.07) is 17.6. The number of halogens is 4. The summed E-state index contributed by atoms with van der Waals surface area (Å²) in [5, 5.41) is 0.384. The smallest absolute Gasteiger partial charge is 0.300 e. The third kappa shape index (κ3) is 4.57. The van der Waals surface area contributed by atoms with E-state index < -0.39 is 11.8 Å². The van der Waals surface area contributed by atoms with Crippen LogP contribution in [0.1, 0.15) is 38.9 Å². The maximum absolute atomic E-state index is 16.0. The summed E-state index contributed by atoms with van der Waals surface area (Å²) in [5.74, 6) is -6.58. The number of thiophene rings is 5. The van der Waals surface area contributed by atoms with Crippen molar-refractivity contribution < 1.29 is 17.6 Å². The predicted octanol–water partition coefficient (Wildman–Crippen LogP) is 12.7. The number of nitrogens with two attached hydrogens (primary N) is 1. The molecule has 0 amide bonds. The van der Waals surface area contributed by atoms with Gasteiger partial charge in [-0.3, -0.25) is 0 Å². The quantitative estimate of drug-likeness (QED) is 0.104. The minimum Gasteiger partial charge on any atom is -0.394 e. The number of hydrogen-bond donors (Lipinski definition) is 2. The van der Waals surface area contributed by atoms with Crippen molar-refractivity contribution in [1.82, 2.24) is 0 Å². The van der Waals surface area contributed by atoms with Crippen LogP contribution in [0, 0.1) is 6.92 Å². The van der Waals surface area contributed by atoms with Gasteiger partial charge in [0, 0.05) is 82.2 Å². The van der Waals surface area contributed by atoms with Crippen molar-refractivity contribution in [3.63, 3.8) is 0 Å². The van der Waals surface area contributed by atoms with E-state index in [-0.39, 0.29) is 33.4 Å². The molecule has 0 saturated heterocycles. The molecule has 2 N–H and O–H groups in total. The van der Waals surface area contributed by atoms with Gasteiger partial charge in [0.1, 0.15) is 0 Å². The lowest BCUT2D eigenvalue weighted by Gasteiger charge is -2.16. The standard InChI is InChI=1S/C34H21F4NS6/c1-15(3-10-30(39)40)23-6-7-26(42-23)28-13-21-31(44-28)17-11-20-18(12-19(17)33(21,35)36)32-22(34(20,37)38)14-29(45-32)27-9-8-25(43-27)24-5-4-16(2)41-24/h3-14,40H,39H2,1-2H3/b15-3+,30-10-. The fourth-order valence-corrected chi connectivity index (χ4v) is 11.5. The maximum Gasteiger partial charge on any atom is 0.300 e. The molecule has 1 aromatic carbocycles. The number of fused-ring (bicyclic) bond motifs is 6. The minimum atomic E-state index is -3.29. The number of aryl methyl sites for hydroxylation is 1. The van der Waals surface area contributed by atoms with Gasteiger partial charge in [-0.25, -0.2) is 0 Å². The first kappa shape index (κ1) is 29.5. The van der Waals surface area contributed by atoms with Crippen LogP contribution in [0.25, 0.3) is 55.7 Å². The molecule has 0 aliphatic heterocycles. The SMILES string of the molecule is C/C(=C\C=C(\N)S)c1ccc(-c2cc3c(s2)-c2cc4c(cc2C3(F)F)-c2sc(-c3ccc(-c5ccc(C)s5)s3)cc2C4(F)F)s1. The number of benzene rings is 1. The van der Waals surface area contributed by atoms with Crippen LogP contribution in [0.2, 0.25) is 0 Å². The van der Waals surface area contributed by atoms with Crippen molar-refractivity contribution in [2.45, 2.75) is 25.7 Å². The number of rotatable bonds is 5. The largest absolute Gasteiger partial charge is 0.394 e. The van der Waals surface area contributed by atoms with Gasteiger partial charge in [0.05, 0.1) is 5.03 Å². The average Bonchev–Trinajstić information content (AvgIpc) is 3.83. The van der Waals surface area contributed by atoms with Crippen LogP contribution < -0.4 is 5.73 Å². The second-order valence-electron chi connectivity index (χ2n) is 11.0.